The number of hydrogen-bond donors (Lipinski definition) is 2. The first-order valence-electron chi connectivity index (χ1n) is 5.60. The topological polar surface area (TPSA) is 55.1 Å². The molecule has 0 saturated carbocycles. The third kappa shape index (κ3) is 3.08. The minimum Gasteiger partial charge on any atom is -0.398 e. The van der Waals surface area contributed by atoms with E-state index in [9.17, 15) is 4.79 Å². The van der Waals surface area contributed by atoms with E-state index in [1.165, 1.54) is 0 Å². The molecule has 3 N–H and O–H groups in total. The van der Waals surface area contributed by atoms with E-state index in [0.717, 1.165) is 10.0 Å². The van der Waals surface area contributed by atoms with E-state index in [1.807, 2.05) is 13.0 Å². The average molecular weight is 340 g/mol. The van der Waals surface area contributed by atoms with Crippen molar-refractivity contribution < 1.29 is 4.79 Å². The second kappa shape index (κ2) is 5.63. The van der Waals surface area contributed by atoms with Crippen molar-refractivity contribution in [2.45, 2.75) is 6.92 Å². The third-order valence-corrected chi connectivity index (χ3v) is 3.71. The maximum Gasteiger partial charge on any atom is 0.257 e. The predicted molar refractivity (Wildman–Crippen MR) is 82.7 cm³/mol. The summed E-state index contributed by atoms with van der Waals surface area (Å²) >= 11 is 9.38. The van der Waals surface area contributed by atoms with Crippen molar-refractivity contribution in [3.05, 3.63) is 57.0 Å². The lowest BCUT2D eigenvalue weighted by molar-refractivity contribution is 0.102. The Bertz CT molecular complexity index is 643. The summed E-state index contributed by atoms with van der Waals surface area (Å²) in [5, 5.41) is 3.20. The molecule has 1 amide bonds. The lowest BCUT2D eigenvalue weighted by Gasteiger charge is -2.11. The van der Waals surface area contributed by atoms with Crippen molar-refractivity contribution in [3.8, 4) is 0 Å². The normalized spacial score (nSPS) is 10.3. The number of carbonyl (C=O) groups is 1. The van der Waals surface area contributed by atoms with Crippen LogP contribution in [0.2, 0.25) is 5.02 Å². The van der Waals surface area contributed by atoms with Gasteiger partial charge < -0.3 is 11.1 Å². The van der Waals surface area contributed by atoms with Gasteiger partial charge in [-0.1, -0.05) is 23.7 Å². The van der Waals surface area contributed by atoms with Gasteiger partial charge in [0.1, 0.15) is 0 Å². The van der Waals surface area contributed by atoms with Crippen LogP contribution in [-0.4, -0.2) is 5.91 Å². The first-order chi connectivity index (χ1) is 8.99. The van der Waals surface area contributed by atoms with Crippen LogP contribution in [0.4, 0.5) is 11.4 Å². The third-order valence-electron chi connectivity index (χ3n) is 2.72. The molecule has 0 radical (unpaired) electrons. The number of rotatable bonds is 2. The van der Waals surface area contributed by atoms with Gasteiger partial charge in [0.2, 0.25) is 0 Å². The van der Waals surface area contributed by atoms with Gasteiger partial charge >= 0.3 is 0 Å². The fourth-order valence-electron chi connectivity index (χ4n) is 1.62. The van der Waals surface area contributed by atoms with E-state index in [1.54, 1.807) is 30.3 Å². The van der Waals surface area contributed by atoms with Gasteiger partial charge in [0.15, 0.2) is 0 Å². The lowest BCUT2D eigenvalue weighted by Crippen LogP contribution is -2.13. The quantitative estimate of drug-likeness (QED) is 0.804. The molecule has 5 heteroatoms. The zero-order chi connectivity index (χ0) is 14.0. The lowest BCUT2D eigenvalue weighted by atomic mass is 10.1. The number of anilines is 2. The Morgan fingerprint density at radius 2 is 2.00 bits per heavy atom. The van der Waals surface area contributed by atoms with E-state index >= 15 is 0 Å². The highest BCUT2D eigenvalue weighted by molar-refractivity contribution is 9.10. The highest BCUT2D eigenvalue weighted by atomic mass is 79.9. The smallest absolute Gasteiger partial charge is 0.257 e. The molecule has 0 fully saturated rings. The number of hydrogen-bond acceptors (Lipinski definition) is 2. The molecule has 0 unspecified atom stereocenters. The molecule has 0 saturated heterocycles. The standard InChI is InChI=1S/C14H12BrClN2O/c1-8-6-10(15)13(7-12(8)17)18-14(19)9-4-2-3-5-11(9)16/h2-7H,17H2,1H3,(H,18,19). The van der Waals surface area contributed by atoms with E-state index < -0.39 is 0 Å². The number of aryl methyl sites for hydroxylation is 1. The average Bonchev–Trinajstić information content (AvgIpc) is 2.36. The molecule has 0 spiro atoms. The predicted octanol–water partition coefficient (Wildman–Crippen LogP) is 4.25. The molecule has 0 aliphatic carbocycles. The van der Waals surface area contributed by atoms with E-state index in [-0.39, 0.29) is 5.91 Å². The van der Waals surface area contributed by atoms with Crippen LogP contribution in [0.25, 0.3) is 0 Å². The molecule has 0 bridgehead atoms. The summed E-state index contributed by atoms with van der Waals surface area (Å²) in [5.41, 5.74) is 8.45. The molecule has 0 aromatic heterocycles. The van der Waals surface area contributed by atoms with Crippen LogP contribution >= 0.6 is 27.5 Å². The molecular formula is C14H12BrClN2O. The summed E-state index contributed by atoms with van der Waals surface area (Å²) in [6, 6.07) is 10.5. The molecule has 0 atom stereocenters. The van der Waals surface area contributed by atoms with Gasteiger partial charge in [-0.2, -0.15) is 0 Å². The monoisotopic (exact) mass is 338 g/mol. The molecule has 2 aromatic rings. The number of carbonyl (C=O) groups excluding carboxylic acids is 1. The summed E-state index contributed by atoms with van der Waals surface area (Å²) in [6.07, 6.45) is 0. The van der Waals surface area contributed by atoms with Crippen molar-refractivity contribution in [2.24, 2.45) is 0 Å². The van der Waals surface area contributed by atoms with Crippen molar-refractivity contribution in [2.75, 3.05) is 11.1 Å². The first kappa shape index (κ1) is 13.9. The highest BCUT2D eigenvalue weighted by Gasteiger charge is 2.12. The van der Waals surface area contributed by atoms with Crippen LogP contribution in [-0.2, 0) is 0 Å². The van der Waals surface area contributed by atoms with Crippen molar-refractivity contribution in [1.29, 1.82) is 0 Å². The fraction of sp³-hybridized carbons (Fsp3) is 0.0714. The largest absolute Gasteiger partial charge is 0.398 e. The minimum atomic E-state index is -0.269. The van der Waals surface area contributed by atoms with Crippen LogP contribution in [0.15, 0.2) is 40.9 Å². The second-order valence-corrected chi connectivity index (χ2v) is 5.38. The van der Waals surface area contributed by atoms with Gasteiger partial charge in [-0.3, -0.25) is 4.79 Å². The van der Waals surface area contributed by atoms with Crippen molar-refractivity contribution in [1.82, 2.24) is 0 Å². The summed E-state index contributed by atoms with van der Waals surface area (Å²) < 4.78 is 0.777. The molecule has 0 aliphatic rings. The van der Waals surface area contributed by atoms with Crippen LogP contribution in [0, 0.1) is 6.92 Å². The number of amides is 1. The molecule has 0 aliphatic heterocycles. The number of benzene rings is 2. The van der Waals surface area contributed by atoms with Crippen LogP contribution in [0.1, 0.15) is 15.9 Å². The Kier molecular flexibility index (Phi) is 4.12. The zero-order valence-corrected chi connectivity index (χ0v) is 12.5. The van der Waals surface area contributed by atoms with Gasteiger partial charge in [-0.25, -0.2) is 0 Å². The summed E-state index contributed by atoms with van der Waals surface area (Å²) in [6.45, 7) is 1.90. The zero-order valence-electron chi connectivity index (χ0n) is 10.2. The fourth-order valence-corrected chi connectivity index (χ4v) is 2.40. The molecule has 0 heterocycles. The Morgan fingerprint density at radius 1 is 1.32 bits per heavy atom. The van der Waals surface area contributed by atoms with Gasteiger partial charge in [-0.15, -0.1) is 0 Å². The number of nitrogens with one attached hydrogen (secondary N) is 1. The van der Waals surface area contributed by atoms with Gasteiger partial charge in [0.05, 0.1) is 16.3 Å². The van der Waals surface area contributed by atoms with Gasteiger partial charge in [0.25, 0.3) is 5.91 Å². The molecule has 2 rings (SSSR count). The van der Waals surface area contributed by atoms with Crippen LogP contribution in [0.5, 0.6) is 0 Å². The number of nitrogens with two attached hydrogens (primary N) is 1. The summed E-state index contributed by atoms with van der Waals surface area (Å²) in [7, 11) is 0. The van der Waals surface area contributed by atoms with Gasteiger partial charge in [0, 0.05) is 10.2 Å². The van der Waals surface area contributed by atoms with Gasteiger partial charge in [-0.05, 0) is 52.7 Å². The highest BCUT2D eigenvalue weighted by Crippen LogP contribution is 2.28. The molecule has 3 nitrogen and oxygen atoms in total. The number of halogens is 2. The van der Waals surface area contributed by atoms with E-state index in [2.05, 4.69) is 21.2 Å². The van der Waals surface area contributed by atoms with Crippen LogP contribution < -0.4 is 11.1 Å². The molecular weight excluding hydrogens is 328 g/mol. The van der Waals surface area contributed by atoms with Crippen molar-refractivity contribution >= 4 is 44.8 Å². The Hall–Kier alpha value is -1.52. The van der Waals surface area contributed by atoms with Crippen LogP contribution in [0.3, 0.4) is 0 Å². The maximum atomic E-state index is 12.1. The number of nitrogen functional groups attached to an aromatic ring is 1. The molecule has 2 aromatic carbocycles. The molecule has 98 valence electrons. The minimum absolute atomic E-state index is 0.269. The summed E-state index contributed by atoms with van der Waals surface area (Å²) in [5.74, 6) is -0.269. The SMILES string of the molecule is Cc1cc(Br)c(NC(=O)c2ccccc2Cl)cc1N. The van der Waals surface area contributed by atoms with E-state index in [4.69, 9.17) is 17.3 Å². The summed E-state index contributed by atoms with van der Waals surface area (Å²) in [4.78, 5) is 12.1. The second-order valence-electron chi connectivity index (χ2n) is 4.12. The Balaban J connectivity index is 2.30. The Labute approximate surface area is 124 Å². The maximum absolute atomic E-state index is 12.1. The first-order valence-corrected chi connectivity index (χ1v) is 6.77. The Morgan fingerprint density at radius 3 is 2.68 bits per heavy atom. The van der Waals surface area contributed by atoms with E-state index in [0.29, 0.717) is 22.0 Å². The van der Waals surface area contributed by atoms with Crippen molar-refractivity contribution in [3.63, 3.8) is 0 Å². The molecule has 19 heavy (non-hydrogen) atoms.